The van der Waals surface area contributed by atoms with E-state index in [9.17, 15) is 0 Å². The molecular weight excluding hydrogens is 230 g/mol. The Morgan fingerprint density at radius 3 is 2.88 bits per heavy atom. The second-order valence-corrected chi connectivity index (χ2v) is 5.74. The van der Waals surface area contributed by atoms with Gasteiger partial charge in [0.25, 0.3) is 0 Å². The average Bonchev–Trinajstić information content (AvgIpc) is 2.75. The summed E-state index contributed by atoms with van der Waals surface area (Å²) < 4.78 is 0. The van der Waals surface area contributed by atoms with E-state index in [2.05, 4.69) is 41.5 Å². The Hall–Kier alpha value is -0.450. The van der Waals surface area contributed by atoms with Gasteiger partial charge >= 0.3 is 0 Å². The molecule has 0 bridgehead atoms. The van der Waals surface area contributed by atoms with E-state index in [0.717, 1.165) is 32.1 Å². The van der Waals surface area contributed by atoms with Crippen LogP contribution in [-0.2, 0) is 6.54 Å². The Kier molecular flexibility index (Phi) is 7.40. The maximum Gasteiger partial charge on any atom is 0.0795 e. The minimum absolute atomic E-state index is 0.752. The molecule has 0 saturated heterocycles. The highest BCUT2D eigenvalue weighted by Crippen LogP contribution is 2.04. The van der Waals surface area contributed by atoms with Gasteiger partial charge in [-0.25, -0.2) is 4.98 Å². The molecular formula is C13H25N3S. The van der Waals surface area contributed by atoms with Crippen molar-refractivity contribution in [1.29, 1.82) is 0 Å². The van der Waals surface area contributed by atoms with Crippen molar-refractivity contribution in [3.63, 3.8) is 0 Å². The molecule has 0 spiro atoms. The average molecular weight is 255 g/mol. The normalized spacial score (nSPS) is 11.6. The molecule has 0 fully saturated rings. The third-order valence-corrected chi connectivity index (χ3v) is 3.25. The van der Waals surface area contributed by atoms with E-state index in [1.54, 1.807) is 11.3 Å². The van der Waals surface area contributed by atoms with Gasteiger partial charge in [-0.1, -0.05) is 13.8 Å². The standard InChI is InChI=1S/C13H25N3S/c1-12(2)8-14-6-4-5-7-16(3)9-13-10-17-11-15-13/h10-12,14H,4-9H2,1-3H3. The van der Waals surface area contributed by atoms with E-state index in [4.69, 9.17) is 0 Å². The molecule has 0 aliphatic carbocycles. The Balaban J connectivity index is 1.95. The van der Waals surface area contributed by atoms with Crippen LogP contribution in [0, 0.1) is 5.92 Å². The highest BCUT2D eigenvalue weighted by molar-refractivity contribution is 7.07. The van der Waals surface area contributed by atoms with Crippen molar-refractivity contribution in [1.82, 2.24) is 15.2 Å². The molecule has 0 aliphatic rings. The highest BCUT2D eigenvalue weighted by atomic mass is 32.1. The molecule has 0 aliphatic heterocycles. The lowest BCUT2D eigenvalue weighted by molar-refractivity contribution is 0.314. The van der Waals surface area contributed by atoms with Crippen LogP contribution in [0.25, 0.3) is 0 Å². The molecule has 0 unspecified atom stereocenters. The minimum Gasteiger partial charge on any atom is -0.316 e. The summed E-state index contributed by atoms with van der Waals surface area (Å²) in [5.74, 6) is 0.752. The van der Waals surface area contributed by atoms with Crippen LogP contribution in [0.5, 0.6) is 0 Å². The van der Waals surface area contributed by atoms with Gasteiger partial charge in [0, 0.05) is 11.9 Å². The van der Waals surface area contributed by atoms with Crippen molar-refractivity contribution < 1.29 is 0 Å². The highest BCUT2D eigenvalue weighted by Gasteiger charge is 2.01. The maximum absolute atomic E-state index is 4.30. The molecule has 3 nitrogen and oxygen atoms in total. The van der Waals surface area contributed by atoms with Crippen LogP contribution < -0.4 is 5.32 Å². The van der Waals surface area contributed by atoms with Crippen LogP contribution in [0.3, 0.4) is 0 Å². The first-order chi connectivity index (χ1) is 8.18. The van der Waals surface area contributed by atoms with Crippen LogP contribution in [0.1, 0.15) is 32.4 Å². The number of nitrogens with zero attached hydrogens (tertiary/aromatic N) is 2. The summed E-state index contributed by atoms with van der Waals surface area (Å²) >= 11 is 1.67. The van der Waals surface area contributed by atoms with Crippen LogP contribution in [0.15, 0.2) is 10.9 Å². The van der Waals surface area contributed by atoms with Gasteiger partial charge in [-0.2, -0.15) is 0 Å². The maximum atomic E-state index is 4.30. The Bertz CT molecular complexity index is 272. The first-order valence-electron chi connectivity index (χ1n) is 6.45. The molecule has 4 heteroatoms. The summed E-state index contributed by atoms with van der Waals surface area (Å²) in [7, 11) is 2.17. The third kappa shape index (κ3) is 7.47. The monoisotopic (exact) mass is 255 g/mol. The number of hydrogen-bond acceptors (Lipinski definition) is 4. The summed E-state index contributed by atoms with van der Waals surface area (Å²) in [6.45, 7) is 8.89. The summed E-state index contributed by atoms with van der Waals surface area (Å²) in [5.41, 5.74) is 3.09. The summed E-state index contributed by atoms with van der Waals surface area (Å²) in [5, 5.41) is 5.60. The van der Waals surface area contributed by atoms with Crippen LogP contribution >= 0.6 is 11.3 Å². The van der Waals surface area contributed by atoms with E-state index in [0.29, 0.717) is 0 Å². The zero-order valence-electron chi connectivity index (χ0n) is 11.3. The predicted octanol–water partition coefficient (Wildman–Crippen LogP) is 2.60. The fourth-order valence-corrected chi connectivity index (χ4v) is 2.24. The van der Waals surface area contributed by atoms with Gasteiger partial charge in [0.2, 0.25) is 0 Å². The van der Waals surface area contributed by atoms with E-state index in [-0.39, 0.29) is 0 Å². The van der Waals surface area contributed by atoms with Crippen molar-refractivity contribution >= 4 is 11.3 Å². The van der Waals surface area contributed by atoms with Crippen LogP contribution in [-0.4, -0.2) is 36.6 Å². The van der Waals surface area contributed by atoms with Crippen molar-refractivity contribution in [3.05, 3.63) is 16.6 Å². The van der Waals surface area contributed by atoms with E-state index < -0.39 is 0 Å². The lowest BCUT2D eigenvalue weighted by Crippen LogP contribution is -2.23. The van der Waals surface area contributed by atoms with Gasteiger partial charge in [0.15, 0.2) is 0 Å². The summed E-state index contributed by atoms with van der Waals surface area (Å²) in [4.78, 5) is 6.64. The lowest BCUT2D eigenvalue weighted by Gasteiger charge is -2.15. The smallest absolute Gasteiger partial charge is 0.0795 e. The van der Waals surface area contributed by atoms with Crippen molar-refractivity contribution in [3.8, 4) is 0 Å². The Morgan fingerprint density at radius 1 is 1.41 bits per heavy atom. The van der Waals surface area contributed by atoms with Gasteiger partial charge in [0.05, 0.1) is 11.2 Å². The molecule has 0 radical (unpaired) electrons. The molecule has 17 heavy (non-hydrogen) atoms. The Morgan fingerprint density at radius 2 is 2.24 bits per heavy atom. The molecule has 1 rings (SSSR count). The van der Waals surface area contributed by atoms with Crippen molar-refractivity contribution in [2.45, 2.75) is 33.2 Å². The molecule has 1 aromatic rings. The first kappa shape index (κ1) is 14.6. The predicted molar refractivity (Wildman–Crippen MR) is 75.4 cm³/mol. The van der Waals surface area contributed by atoms with Crippen LogP contribution in [0.4, 0.5) is 0 Å². The zero-order valence-corrected chi connectivity index (χ0v) is 12.1. The van der Waals surface area contributed by atoms with E-state index in [1.165, 1.54) is 18.5 Å². The quantitative estimate of drug-likeness (QED) is 0.688. The van der Waals surface area contributed by atoms with Crippen molar-refractivity contribution in [2.75, 3.05) is 26.7 Å². The van der Waals surface area contributed by atoms with Gasteiger partial charge < -0.3 is 10.2 Å². The molecule has 1 aromatic heterocycles. The fraction of sp³-hybridized carbons (Fsp3) is 0.769. The number of rotatable bonds is 9. The topological polar surface area (TPSA) is 28.2 Å². The molecule has 1 N–H and O–H groups in total. The number of thiazole rings is 1. The third-order valence-electron chi connectivity index (χ3n) is 2.61. The fourth-order valence-electron chi connectivity index (χ4n) is 1.69. The van der Waals surface area contributed by atoms with E-state index >= 15 is 0 Å². The molecule has 1 heterocycles. The first-order valence-corrected chi connectivity index (χ1v) is 7.39. The molecule has 0 atom stereocenters. The van der Waals surface area contributed by atoms with Crippen LogP contribution in [0.2, 0.25) is 0 Å². The van der Waals surface area contributed by atoms with Gasteiger partial charge in [-0.3, -0.25) is 0 Å². The number of hydrogen-bond donors (Lipinski definition) is 1. The summed E-state index contributed by atoms with van der Waals surface area (Å²) in [6.07, 6.45) is 2.51. The van der Waals surface area contributed by atoms with Gasteiger partial charge in [0.1, 0.15) is 0 Å². The summed E-state index contributed by atoms with van der Waals surface area (Å²) in [6, 6.07) is 0. The van der Waals surface area contributed by atoms with Crippen molar-refractivity contribution in [2.24, 2.45) is 5.92 Å². The molecule has 0 saturated carbocycles. The minimum atomic E-state index is 0.752. The number of unbranched alkanes of at least 4 members (excludes halogenated alkanes) is 1. The lowest BCUT2D eigenvalue weighted by atomic mass is 10.2. The second kappa shape index (κ2) is 8.61. The zero-order chi connectivity index (χ0) is 12.5. The number of nitrogens with one attached hydrogen (secondary N) is 1. The largest absolute Gasteiger partial charge is 0.316 e. The van der Waals surface area contributed by atoms with Gasteiger partial charge in [-0.15, -0.1) is 11.3 Å². The molecule has 0 amide bonds. The Labute approximate surface area is 109 Å². The van der Waals surface area contributed by atoms with Gasteiger partial charge in [-0.05, 0) is 45.4 Å². The van der Waals surface area contributed by atoms with E-state index in [1.807, 2.05) is 5.51 Å². The molecule has 98 valence electrons. The second-order valence-electron chi connectivity index (χ2n) is 5.02. The SMILES string of the molecule is CC(C)CNCCCCN(C)Cc1cscn1. The molecule has 0 aromatic carbocycles. The number of aromatic nitrogens is 1.